The van der Waals surface area contributed by atoms with Crippen molar-refractivity contribution in [3.05, 3.63) is 29.3 Å². The van der Waals surface area contributed by atoms with E-state index in [-0.39, 0.29) is 29.4 Å². The summed E-state index contributed by atoms with van der Waals surface area (Å²) < 4.78 is 39.7. The molecule has 0 aromatic heterocycles. The standard InChI is InChI=1S/C21H24F3NO2/c1-19(2)11-17(26)20(18(27)12-19)10-13-9-14(21(22,23)24)6-7-15(13)25-8-4-3-5-16(20)25/h6-7,9,16H,3-5,8,10-12H2,1-2H3. The molecule has 27 heavy (non-hydrogen) atoms. The van der Waals surface area contributed by atoms with Gasteiger partial charge in [-0.3, -0.25) is 9.59 Å². The summed E-state index contributed by atoms with van der Waals surface area (Å²) in [5.74, 6) is -0.188. The molecule has 0 N–H and O–H groups in total. The molecule has 0 amide bonds. The van der Waals surface area contributed by atoms with Gasteiger partial charge in [0.15, 0.2) is 0 Å². The van der Waals surface area contributed by atoms with Gasteiger partial charge in [0.05, 0.1) is 5.56 Å². The highest BCUT2D eigenvalue weighted by Gasteiger charge is 2.60. The molecule has 1 saturated heterocycles. The maximum absolute atomic E-state index is 13.3. The molecule has 1 aromatic carbocycles. The highest BCUT2D eigenvalue weighted by Crippen LogP contribution is 2.52. The van der Waals surface area contributed by atoms with E-state index in [4.69, 9.17) is 0 Å². The quantitative estimate of drug-likeness (QED) is 0.620. The molecule has 1 aromatic rings. The summed E-state index contributed by atoms with van der Waals surface area (Å²) in [5, 5.41) is 0. The molecular weight excluding hydrogens is 355 g/mol. The third-order valence-electron chi connectivity index (χ3n) is 6.53. The highest BCUT2D eigenvalue weighted by molar-refractivity contribution is 6.11. The second-order valence-corrected chi connectivity index (χ2v) is 9.06. The monoisotopic (exact) mass is 379 g/mol. The van der Waals surface area contributed by atoms with Crippen molar-refractivity contribution in [1.82, 2.24) is 0 Å². The Labute approximate surface area is 156 Å². The normalized spacial score (nSPS) is 26.7. The van der Waals surface area contributed by atoms with Crippen LogP contribution in [0.15, 0.2) is 18.2 Å². The number of Topliss-reactive ketones (excluding diaryl/α,β-unsaturated/α-hetero) is 2. The number of carbonyl (C=O) groups excluding carboxylic acids is 2. The first kappa shape index (κ1) is 18.5. The molecular formula is C21H24F3NO2. The molecule has 1 atom stereocenters. The van der Waals surface area contributed by atoms with Crippen LogP contribution in [0.25, 0.3) is 0 Å². The van der Waals surface area contributed by atoms with Gasteiger partial charge in [0.2, 0.25) is 0 Å². The van der Waals surface area contributed by atoms with Crippen LogP contribution in [0.3, 0.4) is 0 Å². The Hall–Kier alpha value is -1.85. The largest absolute Gasteiger partial charge is 0.416 e. The summed E-state index contributed by atoms with van der Waals surface area (Å²) in [7, 11) is 0. The molecule has 1 unspecified atom stereocenters. The van der Waals surface area contributed by atoms with Gasteiger partial charge in [-0.2, -0.15) is 13.2 Å². The lowest BCUT2D eigenvalue weighted by Crippen LogP contribution is -2.64. The number of benzene rings is 1. The molecule has 0 radical (unpaired) electrons. The van der Waals surface area contributed by atoms with Crippen LogP contribution < -0.4 is 4.90 Å². The molecule has 6 heteroatoms. The summed E-state index contributed by atoms with van der Waals surface area (Å²) in [6, 6.07) is 3.54. The van der Waals surface area contributed by atoms with Crippen molar-refractivity contribution < 1.29 is 22.8 Å². The highest BCUT2D eigenvalue weighted by atomic mass is 19.4. The van der Waals surface area contributed by atoms with E-state index < -0.39 is 17.2 Å². The van der Waals surface area contributed by atoms with Gasteiger partial charge in [0.25, 0.3) is 0 Å². The average Bonchev–Trinajstić information content (AvgIpc) is 2.57. The van der Waals surface area contributed by atoms with E-state index in [2.05, 4.69) is 0 Å². The van der Waals surface area contributed by atoms with Gasteiger partial charge in [0.1, 0.15) is 17.0 Å². The molecule has 3 aliphatic rings. The number of piperidine rings is 1. The number of nitrogens with zero attached hydrogens (tertiary/aromatic N) is 1. The van der Waals surface area contributed by atoms with Crippen LogP contribution in [0.5, 0.6) is 0 Å². The number of ketones is 2. The van der Waals surface area contributed by atoms with E-state index in [9.17, 15) is 22.8 Å². The van der Waals surface area contributed by atoms with Crippen LogP contribution in [0.2, 0.25) is 0 Å². The number of alkyl halides is 3. The van der Waals surface area contributed by atoms with E-state index in [1.165, 1.54) is 6.07 Å². The van der Waals surface area contributed by atoms with Gasteiger partial charge in [-0.15, -0.1) is 0 Å². The smallest absolute Gasteiger partial charge is 0.367 e. The third kappa shape index (κ3) is 2.79. The van der Waals surface area contributed by atoms with E-state index in [1.54, 1.807) is 0 Å². The molecule has 1 saturated carbocycles. The van der Waals surface area contributed by atoms with E-state index in [1.807, 2.05) is 18.7 Å². The minimum absolute atomic E-state index is 0.0938. The molecule has 1 aliphatic carbocycles. The Bertz CT molecular complexity index is 792. The van der Waals surface area contributed by atoms with Crippen molar-refractivity contribution in [3.63, 3.8) is 0 Å². The van der Waals surface area contributed by atoms with Crippen LogP contribution in [0.4, 0.5) is 18.9 Å². The molecule has 1 spiro atoms. The number of anilines is 1. The zero-order valence-corrected chi connectivity index (χ0v) is 15.7. The van der Waals surface area contributed by atoms with Crippen LogP contribution in [0, 0.1) is 10.8 Å². The van der Waals surface area contributed by atoms with Crippen LogP contribution >= 0.6 is 0 Å². The second-order valence-electron chi connectivity index (χ2n) is 9.06. The topological polar surface area (TPSA) is 37.4 Å². The van der Waals surface area contributed by atoms with E-state index in [0.29, 0.717) is 24.9 Å². The number of rotatable bonds is 0. The Morgan fingerprint density at radius 1 is 1.04 bits per heavy atom. The molecule has 2 heterocycles. The lowest BCUT2D eigenvalue weighted by atomic mass is 9.55. The van der Waals surface area contributed by atoms with Crippen molar-refractivity contribution in [1.29, 1.82) is 0 Å². The summed E-state index contributed by atoms with van der Waals surface area (Å²) >= 11 is 0. The molecule has 0 bridgehead atoms. The lowest BCUT2D eigenvalue weighted by molar-refractivity contribution is -0.150. The van der Waals surface area contributed by atoms with Crippen molar-refractivity contribution in [2.45, 2.75) is 64.6 Å². The first-order valence-electron chi connectivity index (χ1n) is 9.58. The number of fused-ring (bicyclic) bond motifs is 4. The summed E-state index contributed by atoms with van der Waals surface area (Å²) in [5.41, 5.74) is -1.06. The maximum atomic E-state index is 13.3. The number of hydrogen-bond acceptors (Lipinski definition) is 3. The SMILES string of the molecule is CC1(C)CC(=O)C2(Cc3cc(C(F)(F)F)ccc3N3CCCCC32)C(=O)C1. The first-order chi connectivity index (χ1) is 12.5. The van der Waals surface area contributed by atoms with E-state index >= 15 is 0 Å². The minimum atomic E-state index is -4.44. The van der Waals surface area contributed by atoms with Gasteiger partial charge in [-0.1, -0.05) is 13.8 Å². The second kappa shape index (κ2) is 5.82. The van der Waals surface area contributed by atoms with Crippen LogP contribution in [-0.2, 0) is 22.2 Å². The summed E-state index contributed by atoms with van der Waals surface area (Å²) in [6.07, 6.45) is -1.15. The van der Waals surface area contributed by atoms with Gasteiger partial charge < -0.3 is 4.90 Å². The van der Waals surface area contributed by atoms with Crippen LogP contribution in [-0.4, -0.2) is 24.2 Å². The van der Waals surface area contributed by atoms with Gasteiger partial charge >= 0.3 is 6.18 Å². The number of halogens is 3. The molecule has 3 nitrogen and oxygen atoms in total. The summed E-state index contributed by atoms with van der Waals surface area (Å²) in [4.78, 5) is 28.6. The fraction of sp³-hybridized carbons (Fsp3) is 0.619. The Balaban J connectivity index is 1.86. The van der Waals surface area contributed by atoms with Gasteiger partial charge in [0, 0.05) is 31.1 Å². The van der Waals surface area contributed by atoms with Crippen LogP contribution in [0.1, 0.15) is 57.1 Å². The average molecular weight is 379 g/mol. The predicted molar refractivity (Wildman–Crippen MR) is 95.6 cm³/mol. The Morgan fingerprint density at radius 2 is 1.70 bits per heavy atom. The van der Waals surface area contributed by atoms with Crippen molar-refractivity contribution in [2.75, 3.05) is 11.4 Å². The Morgan fingerprint density at radius 3 is 2.33 bits per heavy atom. The van der Waals surface area contributed by atoms with E-state index in [0.717, 1.165) is 37.1 Å². The first-order valence-corrected chi connectivity index (χ1v) is 9.58. The molecule has 2 aliphatic heterocycles. The van der Waals surface area contributed by atoms with Crippen molar-refractivity contribution >= 4 is 17.3 Å². The lowest BCUT2D eigenvalue weighted by Gasteiger charge is -2.54. The maximum Gasteiger partial charge on any atom is 0.416 e. The summed E-state index contributed by atoms with van der Waals surface area (Å²) in [6.45, 7) is 4.49. The molecule has 146 valence electrons. The van der Waals surface area contributed by atoms with Crippen molar-refractivity contribution in [3.8, 4) is 0 Å². The van der Waals surface area contributed by atoms with Gasteiger partial charge in [-0.05, 0) is 54.9 Å². The molecule has 4 rings (SSSR count). The van der Waals surface area contributed by atoms with Crippen molar-refractivity contribution in [2.24, 2.45) is 10.8 Å². The Kier molecular flexibility index (Phi) is 3.99. The third-order valence-corrected chi connectivity index (χ3v) is 6.53. The fourth-order valence-corrected chi connectivity index (χ4v) is 5.31. The molecule has 2 fully saturated rings. The fourth-order valence-electron chi connectivity index (χ4n) is 5.31. The predicted octanol–water partition coefficient (Wildman–Crippen LogP) is 4.57. The zero-order chi connectivity index (χ0) is 19.6. The number of hydrogen-bond donors (Lipinski definition) is 0. The number of carbonyl (C=O) groups is 2. The zero-order valence-electron chi connectivity index (χ0n) is 15.7. The minimum Gasteiger partial charge on any atom is -0.367 e. The van der Waals surface area contributed by atoms with Gasteiger partial charge in [-0.25, -0.2) is 0 Å².